The fourth-order valence-corrected chi connectivity index (χ4v) is 4.24. The van der Waals surface area contributed by atoms with Crippen LogP contribution in [0.3, 0.4) is 0 Å². The molecule has 0 radical (unpaired) electrons. The van der Waals surface area contributed by atoms with Crippen LogP contribution in [0.5, 0.6) is 0 Å². The predicted octanol–water partition coefficient (Wildman–Crippen LogP) is 1.71. The van der Waals surface area contributed by atoms with Crippen molar-refractivity contribution in [2.24, 2.45) is 11.8 Å². The fourth-order valence-electron chi connectivity index (χ4n) is 3.75. The van der Waals surface area contributed by atoms with Gasteiger partial charge >= 0.3 is 5.97 Å². The van der Waals surface area contributed by atoms with E-state index in [-0.39, 0.29) is 11.7 Å². The number of hydrogen-bond acceptors (Lipinski definition) is 4. The molecule has 7 heteroatoms. The average molecular weight is 336 g/mol. The van der Waals surface area contributed by atoms with Crippen molar-refractivity contribution in [2.45, 2.75) is 40.0 Å². The molecule has 0 aromatic heterocycles. The molecule has 0 aliphatic carbocycles. The zero-order valence-electron chi connectivity index (χ0n) is 14.0. The molecule has 0 saturated carbocycles. The molecule has 0 bridgehead atoms. The van der Waals surface area contributed by atoms with Crippen LogP contribution in [0.15, 0.2) is 0 Å². The molecule has 1 rings (SSSR count). The largest absolute Gasteiger partial charge is 0.462 e. The maximum atomic E-state index is 11.9. The van der Waals surface area contributed by atoms with Gasteiger partial charge in [0.15, 0.2) is 6.54 Å². The zero-order valence-corrected chi connectivity index (χ0v) is 14.8. The molecular weight excluding hydrogens is 306 g/mol. The fraction of sp³-hybridized carbons (Fsp3) is 0.933. The first-order valence-electron chi connectivity index (χ1n) is 8.21. The second kappa shape index (κ2) is 8.26. The minimum atomic E-state index is -3.95. The standard InChI is InChI=1S/C15H29NO5S/c1-4-13-10-16(11-14(13)5-2,12-15(17)21-6-3)8-7-9-22(18,19)20/h13-14H,4-12H2,1-3H3/p+1. The van der Waals surface area contributed by atoms with Gasteiger partial charge in [-0.1, -0.05) is 13.8 Å². The Balaban J connectivity index is 2.79. The Morgan fingerprint density at radius 2 is 1.73 bits per heavy atom. The Bertz CT molecular complexity index is 451. The van der Waals surface area contributed by atoms with Gasteiger partial charge in [-0.15, -0.1) is 0 Å². The van der Waals surface area contributed by atoms with Crippen LogP contribution in [-0.2, 0) is 19.6 Å². The first-order valence-corrected chi connectivity index (χ1v) is 9.82. The SMILES string of the molecule is CCOC(=O)C[N+]1(CCCS(=O)(=O)O)CC(CC)C(CC)C1. The minimum Gasteiger partial charge on any atom is -0.462 e. The summed E-state index contributed by atoms with van der Waals surface area (Å²) in [6, 6.07) is 0. The summed E-state index contributed by atoms with van der Waals surface area (Å²) in [5, 5.41) is 0. The maximum Gasteiger partial charge on any atom is 0.361 e. The third kappa shape index (κ3) is 5.85. The Morgan fingerprint density at radius 1 is 1.18 bits per heavy atom. The van der Waals surface area contributed by atoms with Gasteiger partial charge < -0.3 is 9.22 Å². The molecule has 1 N–H and O–H groups in total. The third-order valence-electron chi connectivity index (χ3n) is 4.76. The van der Waals surface area contributed by atoms with Gasteiger partial charge in [0, 0.05) is 18.3 Å². The normalized spacial score (nSPS) is 28.7. The third-order valence-corrected chi connectivity index (χ3v) is 5.57. The average Bonchev–Trinajstić information content (AvgIpc) is 2.75. The van der Waals surface area contributed by atoms with E-state index >= 15 is 0 Å². The van der Waals surface area contributed by atoms with Crippen LogP contribution >= 0.6 is 0 Å². The van der Waals surface area contributed by atoms with Crippen molar-refractivity contribution in [1.82, 2.24) is 0 Å². The Kier molecular flexibility index (Phi) is 7.28. The Labute approximate surface area is 134 Å². The van der Waals surface area contributed by atoms with Gasteiger partial charge in [-0.3, -0.25) is 4.55 Å². The summed E-state index contributed by atoms with van der Waals surface area (Å²) in [7, 11) is -3.95. The van der Waals surface area contributed by atoms with Crippen LogP contribution in [0.1, 0.15) is 40.0 Å². The van der Waals surface area contributed by atoms with Crippen molar-refractivity contribution in [1.29, 1.82) is 0 Å². The molecule has 0 aromatic carbocycles. The van der Waals surface area contributed by atoms with Crippen LogP contribution in [0.25, 0.3) is 0 Å². The molecule has 0 spiro atoms. The van der Waals surface area contributed by atoms with Gasteiger partial charge in [-0.2, -0.15) is 8.42 Å². The van der Waals surface area contributed by atoms with E-state index in [9.17, 15) is 13.2 Å². The number of nitrogens with zero attached hydrogens (tertiary/aromatic N) is 1. The van der Waals surface area contributed by atoms with Gasteiger partial charge in [0.1, 0.15) is 0 Å². The van der Waals surface area contributed by atoms with Gasteiger partial charge in [0.25, 0.3) is 10.1 Å². The molecule has 2 atom stereocenters. The highest BCUT2D eigenvalue weighted by Gasteiger charge is 2.44. The van der Waals surface area contributed by atoms with Crippen molar-refractivity contribution in [3.63, 3.8) is 0 Å². The van der Waals surface area contributed by atoms with Crippen molar-refractivity contribution < 1.29 is 27.0 Å². The lowest BCUT2D eigenvalue weighted by Crippen LogP contribution is -2.51. The van der Waals surface area contributed by atoms with E-state index in [1.54, 1.807) is 6.92 Å². The summed E-state index contributed by atoms with van der Waals surface area (Å²) < 4.78 is 36.5. The monoisotopic (exact) mass is 336 g/mol. The van der Waals surface area contributed by atoms with Gasteiger partial charge in [0.2, 0.25) is 0 Å². The molecule has 2 unspecified atom stereocenters. The molecule has 0 aromatic rings. The number of carbonyl (C=O) groups is 1. The lowest BCUT2D eigenvalue weighted by molar-refractivity contribution is -0.912. The summed E-state index contributed by atoms with van der Waals surface area (Å²) in [4.78, 5) is 11.9. The van der Waals surface area contributed by atoms with E-state index in [0.717, 1.165) is 25.9 Å². The summed E-state index contributed by atoms with van der Waals surface area (Å²) in [5.74, 6) is 0.653. The summed E-state index contributed by atoms with van der Waals surface area (Å²) >= 11 is 0. The van der Waals surface area contributed by atoms with Gasteiger partial charge in [0.05, 0.1) is 32.0 Å². The van der Waals surface area contributed by atoms with Crippen molar-refractivity contribution in [3.8, 4) is 0 Å². The predicted molar refractivity (Wildman–Crippen MR) is 85.0 cm³/mol. The molecule has 1 fully saturated rings. The smallest absolute Gasteiger partial charge is 0.361 e. The van der Waals surface area contributed by atoms with Crippen LogP contribution in [0, 0.1) is 11.8 Å². The Hall–Kier alpha value is -0.660. The molecular formula is C15H30NO5S+. The molecule has 1 aliphatic rings. The molecule has 1 aliphatic heterocycles. The number of ether oxygens (including phenoxy) is 1. The van der Waals surface area contributed by atoms with Gasteiger partial charge in [-0.05, 0) is 19.8 Å². The lowest BCUT2D eigenvalue weighted by atomic mass is 9.92. The van der Waals surface area contributed by atoms with Crippen molar-refractivity contribution in [3.05, 3.63) is 0 Å². The first-order chi connectivity index (χ1) is 10.2. The van der Waals surface area contributed by atoms with Gasteiger partial charge in [-0.25, -0.2) is 4.79 Å². The number of esters is 1. The first kappa shape index (κ1) is 19.4. The quantitative estimate of drug-likeness (QED) is 0.394. The maximum absolute atomic E-state index is 11.9. The topological polar surface area (TPSA) is 80.7 Å². The summed E-state index contributed by atoms with van der Waals surface area (Å²) in [5.41, 5.74) is 0. The summed E-state index contributed by atoms with van der Waals surface area (Å²) in [6.07, 6.45) is 2.50. The molecule has 0 amide bonds. The number of quaternary nitrogens is 1. The second-order valence-electron chi connectivity index (χ2n) is 6.37. The van der Waals surface area contributed by atoms with E-state index in [4.69, 9.17) is 9.29 Å². The minimum absolute atomic E-state index is 0.221. The van der Waals surface area contributed by atoms with E-state index in [1.165, 1.54) is 0 Å². The number of carbonyl (C=O) groups excluding carboxylic acids is 1. The van der Waals surface area contributed by atoms with Crippen molar-refractivity contribution in [2.75, 3.05) is 38.5 Å². The molecule has 22 heavy (non-hydrogen) atoms. The van der Waals surface area contributed by atoms with Crippen LogP contribution in [-0.4, -0.2) is 62.0 Å². The summed E-state index contributed by atoms with van der Waals surface area (Å²) in [6.45, 7) is 9.13. The van der Waals surface area contributed by atoms with E-state index in [2.05, 4.69) is 13.8 Å². The highest BCUT2D eigenvalue weighted by molar-refractivity contribution is 7.85. The number of rotatable bonds is 9. The van der Waals surface area contributed by atoms with Crippen LogP contribution < -0.4 is 0 Å². The van der Waals surface area contributed by atoms with Crippen LogP contribution in [0.4, 0.5) is 0 Å². The molecule has 1 saturated heterocycles. The van der Waals surface area contributed by atoms with Crippen LogP contribution in [0.2, 0.25) is 0 Å². The highest BCUT2D eigenvalue weighted by atomic mass is 32.2. The van der Waals surface area contributed by atoms with E-state index in [0.29, 0.717) is 42.4 Å². The number of hydrogen-bond donors (Lipinski definition) is 1. The Morgan fingerprint density at radius 3 is 2.14 bits per heavy atom. The molecule has 130 valence electrons. The van der Waals surface area contributed by atoms with Crippen molar-refractivity contribution >= 4 is 16.1 Å². The molecule has 1 heterocycles. The highest BCUT2D eigenvalue weighted by Crippen LogP contribution is 2.34. The van der Waals surface area contributed by atoms with E-state index < -0.39 is 10.1 Å². The number of likely N-dealkylation sites (tertiary alicyclic amines) is 1. The zero-order chi connectivity index (χ0) is 16.8. The molecule has 6 nitrogen and oxygen atoms in total. The van der Waals surface area contributed by atoms with E-state index in [1.807, 2.05) is 0 Å². The second-order valence-corrected chi connectivity index (χ2v) is 7.94. The lowest BCUT2D eigenvalue weighted by Gasteiger charge is -2.34.